The zero-order valence-electron chi connectivity index (χ0n) is 11.8. The van der Waals surface area contributed by atoms with Crippen LogP contribution in [0.4, 0.5) is 0 Å². The molecule has 0 aromatic heterocycles. The molecule has 0 saturated heterocycles. The first-order valence-electron chi connectivity index (χ1n) is 7.48. The van der Waals surface area contributed by atoms with Gasteiger partial charge in [0.15, 0.2) is 0 Å². The van der Waals surface area contributed by atoms with E-state index < -0.39 is 0 Å². The van der Waals surface area contributed by atoms with Crippen LogP contribution in [0.2, 0.25) is 0 Å². The Kier molecular flexibility index (Phi) is 2.65. The Morgan fingerprint density at radius 1 is 0.818 bits per heavy atom. The number of halogens is 1. The van der Waals surface area contributed by atoms with E-state index in [1.807, 2.05) is 0 Å². The number of rotatable bonds is 0. The predicted octanol–water partition coefficient (Wildman–Crippen LogP) is 5.57. The van der Waals surface area contributed by atoms with Gasteiger partial charge in [-0.15, -0.1) is 0 Å². The highest BCUT2D eigenvalue weighted by molar-refractivity contribution is 14.1. The van der Waals surface area contributed by atoms with Crippen molar-refractivity contribution in [3.63, 3.8) is 0 Å². The van der Waals surface area contributed by atoms with Crippen LogP contribution in [-0.2, 0) is 0 Å². The Balaban J connectivity index is 1.99. The summed E-state index contributed by atoms with van der Waals surface area (Å²) in [6.45, 7) is 0. The van der Waals surface area contributed by atoms with Crippen molar-refractivity contribution in [2.75, 3.05) is 0 Å². The quantitative estimate of drug-likeness (QED) is 0.357. The minimum atomic E-state index is 0.131. The first kappa shape index (κ1) is 12.7. The Hall–Kier alpha value is -1.81. The maximum absolute atomic E-state index is 6.35. The van der Waals surface area contributed by atoms with Crippen molar-refractivity contribution < 1.29 is 4.74 Å². The molecular formula is C20H13IO. The molecule has 0 spiro atoms. The fourth-order valence-electron chi connectivity index (χ4n) is 3.71. The van der Waals surface area contributed by atoms with Crippen LogP contribution in [0.3, 0.4) is 0 Å². The number of hydrogen-bond donors (Lipinski definition) is 0. The van der Waals surface area contributed by atoms with Crippen LogP contribution in [0.25, 0.3) is 21.5 Å². The minimum Gasteiger partial charge on any atom is -0.484 e. The van der Waals surface area contributed by atoms with Crippen molar-refractivity contribution >= 4 is 44.1 Å². The van der Waals surface area contributed by atoms with Gasteiger partial charge in [0.25, 0.3) is 0 Å². The molecule has 1 nitrogen and oxygen atoms in total. The molecule has 1 aliphatic carbocycles. The average molecular weight is 396 g/mol. The lowest BCUT2D eigenvalue weighted by atomic mass is 9.86. The number of allylic oxidation sites excluding steroid dienone is 2. The van der Waals surface area contributed by atoms with Crippen molar-refractivity contribution in [1.29, 1.82) is 0 Å². The van der Waals surface area contributed by atoms with Gasteiger partial charge in [-0.05, 0) is 57.0 Å². The summed E-state index contributed by atoms with van der Waals surface area (Å²) in [5.41, 5.74) is 1.34. The van der Waals surface area contributed by atoms with Crippen molar-refractivity contribution in [3.8, 4) is 5.75 Å². The molecule has 2 unspecified atom stereocenters. The van der Waals surface area contributed by atoms with E-state index in [0.717, 1.165) is 5.75 Å². The van der Waals surface area contributed by atoms with Gasteiger partial charge in [-0.1, -0.05) is 48.6 Å². The lowest BCUT2D eigenvalue weighted by Gasteiger charge is -2.15. The van der Waals surface area contributed by atoms with Gasteiger partial charge in [0, 0.05) is 20.4 Å². The molecule has 22 heavy (non-hydrogen) atoms. The monoisotopic (exact) mass is 396 g/mol. The third kappa shape index (κ3) is 1.64. The second-order valence-corrected chi connectivity index (χ2v) is 7.10. The highest BCUT2D eigenvalue weighted by Crippen LogP contribution is 2.49. The predicted molar refractivity (Wildman–Crippen MR) is 99.6 cm³/mol. The lowest BCUT2D eigenvalue weighted by molar-refractivity contribution is 0.271. The Labute approximate surface area is 142 Å². The van der Waals surface area contributed by atoms with Gasteiger partial charge >= 0.3 is 0 Å². The number of fused-ring (bicyclic) bond motifs is 8. The van der Waals surface area contributed by atoms with E-state index in [1.165, 1.54) is 30.7 Å². The van der Waals surface area contributed by atoms with Crippen LogP contribution >= 0.6 is 22.6 Å². The van der Waals surface area contributed by atoms with Crippen molar-refractivity contribution in [3.05, 3.63) is 75.9 Å². The first-order valence-corrected chi connectivity index (χ1v) is 8.56. The average Bonchev–Trinajstić information content (AvgIpc) is 2.95. The zero-order chi connectivity index (χ0) is 14.7. The van der Waals surface area contributed by atoms with Crippen LogP contribution in [0.1, 0.15) is 11.5 Å². The largest absolute Gasteiger partial charge is 0.484 e. The van der Waals surface area contributed by atoms with Gasteiger partial charge in [0.05, 0.1) is 0 Å². The summed E-state index contributed by atoms with van der Waals surface area (Å²) in [6, 6.07) is 15.3. The zero-order valence-corrected chi connectivity index (χ0v) is 13.9. The van der Waals surface area contributed by atoms with E-state index in [-0.39, 0.29) is 6.10 Å². The fourth-order valence-corrected chi connectivity index (χ4v) is 4.20. The van der Waals surface area contributed by atoms with Gasteiger partial charge in [-0.25, -0.2) is 0 Å². The molecule has 1 heterocycles. The van der Waals surface area contributed by atoms with Crippen LogP contribution < -0.4 is 4.74 Å². The second kappa shape index (κ2) is 4.59. The van der Waals surface area contributed by atoms with Gasteiger partial charge in [0.1, 0.15) is 11.9 Å². The molecule has 2 aliphatic rings. The number of hydrogen-bond acceptors (Lipinski definition) is 1. The van der Waals surface area contributed by atoms with E-state index in [0.29, 0.717) is 5.92 Å². The van der Waals surface area contributed by atoms with Crippen molar-refractivity contribution in [2.45, 2.75) is 12.0 Å². The normalized spacial score (nSPS) is 21.9. The molecule has 0 N–H and O–H groups in total. The molecule has 0 radical (unpaired) electrons. The van der Waals surface area contributed by atoms with E-state index in [4.69, 9.17) is 4.74 Å². The number of ether oxygens (including phenoxy) is 1. The Bertz CT molecular complexity index is 984. The first-order chi connectivity index (χ1) is 10.8. The fraction of sp³-hybridized carbons (Fsp3) is 0.100. The Morgan fingerprint density at radius 2 is 1.59 bits per heavy atom. The van der Waals surface area contributed by atoms with Crippen molar-refractivity contribution in [2.24, 2.45) is 0 Å². The number of benzene rings is 3. The summed E-state index contributed by atoms with van der Waals surface area (Å²) in [5.74, 6) is 1.39. The molecular weight excluding hydrogens is 383 g/mol. The molecule has 3 aromatic rings. The minimum absolute atomic E-state index is 0.131. The maximum atomic E-state index is 6.35. The summed E-state index contributed by atoms with van der Waals surface area (Å²) in [7, 11) is 0. The molecule has 0 saturated carbocycles. The van der Waals surface area contributed by atoms with E-state index in [2.05, 4.69) is 89.4 Å². The molecule has 0 fully saturated rings. The maximum Gasteiger partial charge on any atom is 0.132 e. The van der Waals surface area contributed by atoms with Crippen LogP contribution in [0, 0.1) is 3.57 Å². The lowest BCUT2D eigenvalue weighted by Crippen LogP contribution is -2.15. The standard InChI is InChI=1S/C20H13IO/c21-12-9-10-14-13-5-1-2-6-15(13)19-16-7-3-4-8-18(16)22-20(19)17(14)11-12/h1-11,16,18H. The van der Waals surface area contributed by atoms with Gasteiger partial charge in [0.2, 0.25) is 0 Å². The summed E-state index contributed by atoms with van der Waals surface area (Å²) >= 11 is 2.37. The Morgan fingerprint density at radius 3 is 2.50 bits per heavy atom. The topological polar surface area (TPSA) is 9.23 Å². The van der Waals surface area contributed by atoms with E-state index in [9.17, 15) is 0 Å². The summed E-state index contributed by atoms with van der Waals surface area (Å²) in [6.07, 6.45) is 8.78. The molecule has 2 atom stereocenters. The molecule has 3 aromatic carbocycles. The summed E-state index contributed by atoms with van der Waals surface area (Å²) < 4.78 is 7.59. The smallest absolute Gasteiger partial charge is 0.132 e. The van der Waals surface area contributed by atoms with Crippen molar-refractivity contribution in [1.82, 2.24) is 0 Å². The highest BCUT2D eigenvalue weighted by atomic mass is 127. The van der Waals surface area contributed by atoms with Crippen LogP contribution in [-0.4, -0.2) is 6.10 Å². The van der Waals surface area contributed by atoms with E-state index in [1.54, 1.807) is 0 Å². The van der Waals surface area contributed by atoms with Crippen LogP contribution in [0.5, 0.6) is 5.75 Å². The molecule has 106 valence electrons. The highest BCUT2D eigenvalue weighted by Gasteiger charge is 2.35. The molecule has 0 bridgehead atoms. The molecule has 1 aliphatic heterocycles. The van der Waals surface area contributed by atoms with Crippen LogP contribution in [0.15, 0.2) is 66.8 Å². The second-order valence-electron chi connectivity index (χ2n) is 5.86. The molecule has 5 rings (SSSR count). The SMILES string of the molecule is Ic1ccc2c(c1)c1c(c3ccccc32)C2C=CC=CC2O1. The molecule has 0 amide bonds. The van der Waals surface area contributed by atoms with Gasteiger partial charge in [-0.3, -0.25) is 0 Å². The third-order valence-electron chi connectivity index (χ3n) is 4.65. The van der Waals surface area contributed by atoms with Gasteiger partial charge < -0.3 is 4.74 Å². The van der Waals surface area contributed by atoms with Gasteiger partial charge in [-0.2, -0.15) is 0 Å². The third-order valence-corrected chi connectivity index (χ3v) is 5.32. The molecule has 2 heteroatoms. The summed E-state index contributed by atoms with van der Waals surface area (Å²) in [4.78, 5) is 0. The van der Waals surface area contributed by atoms with E-state index >= 15 is 0 Å². The summed E-state index contributed by atoms with van der Waals surface area (Å²) in [5, 5.41) is 5.15.